The van der Waals surface area contributed by atoms with E-state index in [2.05, 4.69) is 51.4 Å². The molecule has 0 aliphatic carbocycles. The minimum absolute atomic E-state index is 0.488. The van der Waals surface area contributed by atoms with Crippen LogP contribution in [0.5, 0.6) is 11.5 Å². The highest BCUT2D eigenvalue weighted by Crippen LogP contribution is 2.36. The molecule has 140 valence electrons. The molecule has 0 aliphatic rings. The quantitative estimate of drug-likeness (QED) is 0.548. The lowest BCUT2D eigenvalue weighted by atomic mass is 10.1. The molecule has 0 atom stereocenters. The maximum atomic E-state index is 6.17. The Bertz CT molecular complexity index is 885. The number of hydrogen-bond acceptors (Lipinski definition) is 4. The average molecular weight is 427 g/mol. The largest absolute Gasteiger partial charge is 0.493 e. The fraction of sp³-hybridized carbons (Fsp3) is 0.227. The van der Waals surface area contributed by atoms with E-state index in [1.165, 1.54) is 5.56 Å². The summed E-state index contributed by atoms with van der Waals surface area (Å²) in [6.45, 7) is 3.89. The number of aryl methyl sites for hydroxylation is 1. The number of benzene rings is 2. The van der Waals surface area contributed by atoms with Crippen molar-refractivity contribution in [1.82, 2.24) is 10.3 Å². The van der Waals surface area contributed by atoms with Crippen LogP contribution in [0.3, 0.4) is 0 Å². The molecule has 3 aromatic rings. The number of halogens is 1. The number of hydrogen-bond donors (Lipinski definition) is 1. The SMILES string of the molecule is COc1ccc(Br)c(CNCc2ccccn2)c1OCc1cccc(C)c1. The zero-order valence-corrected chi connectivity index (χ0v) is 17.1. The molecule has 0 saturated carbocycles. The molecule has 1 aromatic heterocycles. The first-order valence-corrected chi connectivity index (χ1v) is 9.61. The van der Waals surface area contributed by atoms with Crippen molar-refractivity contribution >= 4 is 15.9 Å². The number of pyridine rings is 1. The predicted octanol–water partition coefficient (Wildman–Crippen LogP) is 5.03. The van der Waals surface area contributed by atoms with E-state index in [4.69, 9.17) is 9.47 Å². The van der Waals surface area contributed by atoms with Gasteiger partial charge in [-0.15, -0.1) is 0 Å². The summed E-state index contributed by atoms with van der Waals surface area (Å²) in [5, 5.41) is 3.43. The lowest BCUT2D eigenvalue weighted by Gasteiger charge is -2.17. The zero-order chi connectivity index (χ0) is 19.1. The van der Waals surface area contributed by atoms with E-state index in [9.17, 15) is 0 Å². The zero-order valence-electron chi connectivity index (χ0n) is 15.5. The Balaban J connectivity index is 1.75. The number of nitrogens with zero attached hydrogens (tertiary/aromatic N) is 1. The third-order valence-electron chi connectivity index (χ3n) is 4.19. The van der Waals surface area contributed by atoms with Crippen LogP contribution in [0, 0.1) is 6.92 Å². The van der Waals surface area contributed by atoms with Gasteiger partial charge in [0, 0.05) is 29.3 Å². The van der Waals surface area contributed by atoms with E-state index in [0.29, 0.717) is 19.7 Å². The summed E-state index contributed by atoms with van der Waals surface area (Å²) in [5.74, 6) is 1.47. The van der Waals surface area contributed by atoms with Crippen LogP contribution in [0.2, 0.25) is 0 Å². The van der Waals surface area contributed by atoms with Gasteiger partial charge in [-0.2, -0.15) is 0 Å². The number of methoxy groups -OCH3 is 1. The molecule has 0 spiro atoms. The Morgan fingerprint density at radius 3 is 2.67 bits per heavy atom. The number of ether oxygens (including phenoxy) is 2. The van der Waals surface area contributed by atoms with Gasteiger partial charge in [0.05, 0.1) is 12.8 Å². The van der Waals surface area contributed by atoms with Crippen LogP contribution in [-0.2, 0) is 19.7 Å². The van der Waals surface area contributed by atoms with E-state index in [1.807, 2.05) is 36.4 Å². The Morgan fingerprint density at radius 2 is 1.93 bits per heavy atom. The van der Waals surface area contributed by atoms with Gasteiger partial charge in [0.2, 0.25) is 0 Å². The van der Waals surface area contributed by atoms with Crippen molar-refractivity contribution < 1.29 is 9.47 Å². The third kappa shape index (κ3) is 5.31. The smallest absolute Gasteiger partial charge is 0.167 e. The van der Waals surface area contributed by atoms with Gasteiger partial charge in [0.25, 0.3) is 0 Å². The molecule has 0 aliphatic heterocycles. The number of rotatable bonds is 8. The summed E-state index contributed by atoms with van der Waals surface area (Å²) >= 11 is 3.64. The minimum Gasteiger partial charge on any atom is -0.493 e. The van der Waals surface area contributed by atoms with Crippen LogP contribution in [0.15, 0.2) is 65.3 Å². The second kappa shape index (κ2) is 9.53. The second-order valence-corrected chi connectivity index (χ2v) is 7.11. The van der Waals surface area contributed by atoms with E-state index in [0.717, 1.165) is 32.8 Å². The lowest BCUT2D eigenvalue weighted by Crippen LogP contribution is -2.15. The van der Waals surface area contributed by atoms with Crippen molar-refractivity contribution in [2.75, 3.05) is 7.11 Å². The highest BCUT2D eigenvalue weighted by Gasteiger charge is 2.15. The maximum absolute atomic E-state index is 6.17. The molecule has 0 amide bonds. The Labute approximate surface area is 168 Å². The molecule has 1 heterocycles. The van der Waals surface area contributed by atoms with E-state index >= 15 is 0 Å². The molecular weight excluding hydrogens is 404 g/mol. The standard InChI is InChI=1S/C22H23BrN2O2/c1-16-6-5-7-17(12-16)15-27-22-19(20(23)9-10-21(22)26-2)14-24-13-18-8-3-4-11-25-18/h3-12,24H,13-15H2,1-2H3. The molecular formula is C22H23BrN2O2. The molecule has 0 bridgehead atoms. The molecule has 5 heteroatoms. The number of nitrogens with one attached hydrogen (secondary N) is 1. The van der Waals surface area contributed by atoms with Crippen molar-refractivity contribution in [3.63, 3.8) is 0 Å². The van der Waals surface area contributed by atoms with Crippen molar-refractivity contribution in [2.45, 2.75) is 26.6 Å². The molecule has 2 aromatic carbocycles. The molecule has 0 fully saturated rings. The molecule has 3 rings (SSSR count). The van der Waals surface area contributed by atoms with Crippen LogP contribution >= 0.6 is 15.9 Å². The molecule has 1 N–H and O–H groups in total. The highest BCUT2D eigenvalue weighted by atomic mass is 79.9. The first-order valence-electron chi connectivity index (χ1n) is 8.81. The van der Waals surface area contributed by atoms with Gasteiger partial charge < -0.3 is 14.8 Å². The fourth-order valence-corrected chi connectivity index (χ4v) is 3.29. The topological polar surface area (TPSA) is 43.4 Å². The fourth-order valence-electron chi connectivity index (χ4n) is 2.84. The van der Waals surface area contributed by atoms with E-state index in [-0.39, 0.29) is 0 Å². The lowest BCUT2D eigenvalue weighted by molar-refractivity contribution is 0.280. The molecule has 27 heavy (non-hydrogen) atoms. The Hall–Kier alpha value is -2.37. The summed E-state index contributed by atoms with van der Waals surface area (Å²) in [6.07, 6.45) is 1.80. The third-order valence-corrected chi connectivity index (χ3v) is 4.93. The van der Waals surface area contributed by atoms with Crippen molar-refractivity contribution in [3.05, 3.63) is 87.7 Å². The maximum Gasteiger partial charge on any atom is 0.167 e. The van der Waals surface area contributed by atoms with Gasteiger partial charge in [-0.3, -0.25) is 4.98 Å². The first kappa shape index (κ1) is 19.4. The van der Waals surface area contributed by atoms with Gasteiger partial charge in [0.15, 0.2) is 11.5 Å². The van der Waals surface area contributed by atoms with Gasteiger partial charge in [-0.05, 0) is 36.8 Å². The Morgan fingerprint density at radius 1 is 1.04 bits per heavy atom. The summed E-state index contributed by atoms with van der Waals surface area (Å²) in [7, 11) is 1.66. The van der Waals surface area contributed by atoms with Crippen LogP contribution in [0.1, 0.15) is 22.4 Å². The van der Waals surface area contributed by atoms with Crippen molar-refractivity contribution in [2.24, 2.45) is 0 Å². The minimum atomic E-state index is 0.488. The molecule has 0 radical (unpaired) electrons. The van der Waals surface area contributed by atoms with Crippen LogP contribution < -0.4 is 14.8 Å². The average Bonchev–Trinajstić information content (AvgIpc) is 2.69. The van der Waals surface area contributed by atoms with Crippen molar-refractivity contribution in [3.8, 4) is 11.5 Å². The summed E-state index contributed by atoms with van der Waals surface area (Å²) in [5.41, 5.74) is 4.37. The first-order chi connectivity index (χ1) is 13.2. The predicted molar refractivity (Wildman–Crippen MR) is 111 cm³/mol. The van der Waals surface area contributed by atoms with Gasteiger partial charge in [0.1, 0.15) is 6.61 Å². The van der Waals surface area contributed by atoms with Gasteiger partial charge >= 0.3 is 0 Å². The molecule has 0 saturated heterocycles. The van der Waals surface area contributed by atoms with Gasteiger partial charge in [-0.1, -0.05) is 51.8 Å². The summed E-state index contributed by atoms with van der Waals surface area (Å²) in [6, 6.07) is 18.1. The highest BCUT2D eigenvalue weighted by molar-refractivity contribution is 9.10. The van der Waals surface area contributed by atoms with Crippen LogP contribution in [0.25, 0.3) is 0 Å². The summed E-state index contributed by atoms with van der Waals surface area (Å²) < 4.78 is 12.7. The normalized spacial score (nSPS) is 10.6. The second-order valence-electron chi connectivity index (χ2n) is 6.26. The summed E-state index contributed by atoms with van der Waals surface area (Å²) in [4.78, 5) is 4.34. The van der Waals surface area contributed by atoms with Crippen LogP contribution in [0.4, 0.5) is 0 Å². The number of aromatic nitrogens is 1. The molecule has 4 nitrogen and oxygen atoms in total. The Kier molecular flexibility index (Phi) is 6.85. The van der Waals surface area contributed by atoms with E-state index < -0.39 is 0 Å². The van der Waals surface area contributed by atoms with Crippen molar-refractivity contribution in [1.29, 1.82) is 0 Å². The van der Waals surface area contributed by atoms with E-state index in [1.54, 1.807) is 13.3 Å². The van der Waals surface area contributed by atoms with Crippen LogP contribution in [-0.4, -0.2) is 12.1 Å². The molecule has 0 unspecified atom stereocenters. The monoisotopic (exact) mass is 426 g/mol. The van der Waals surface area contributed by atoms with Gasteiger partial charge in [-0.25, -0.2) is 0 Å².